The number of nitrogens with one attached hydrogen (secondary N) is 1. The number of aromatic nitrogens is 2. The van der Waals surface area contributed by atoms with Crippen LogP contribution in [-0.4, -0.2) is 29.0 Å². The van der Waals surface area contributed by atoms with Gasteiger partial charge < -0.3 is 10.2 Å². The fourth-order valence-corrected chi connectivity index (χ4v) is 2.39. The third-order valence-electron chi connectivity index (χ3n) is 3.44. The van der Waals surface area contributed by atoms with Crippen LogP contribution >= 0.6 is 15.9 Å². The van der Waals surface area contributed by atoms with E-state index < -0.39 is 0 Å². The molecule has 0 fully saturated rings. The smallest absolute Gasteiger partial charge is 0.275 e. The van der Waals surface area contributed by atoms with Gasteiger partial charge in [0.2, 0.25) is 0 Å². The van der Waals surface area contributed by atoms with Crippen LogP contribution in [0.3, 0.4) is 0 Å². The topological polar surface area (TPSA) is 58.1 Å². The Kier molecular flexibility index (Phi) is 5.49. The molecule has 2 aromatic rings. The lowest BCUT2D eigenvalue weighted by atomic mass is 10.1. The van der Waals surface area contributed by atoms with E-state index >= 15 is 0 Å². The number of amides is 1. The van der Waals surface area contributed by atoms with E-state index in [4.69, 9.17) is 0 Å². The SMILES string of the molecule is CCN(CC)c1ccc(NC(=O)c2cnc(Br)cn2)c(C)c1. The number of aryl methyl sites for hydroxylation is 1. The van der Waals surface area contributed by atoms with Crippen molar-refractivity contribution in [3.05, 3.63) is 46.5 Å². The van der Waals surface area contributed by atoms with Crippen molar-refractivity contribution < 1.29 is 4.79 Å². The van der Waals surface area contributed by atoms with E-state index in [2.05, 4.69) is 56.0 Å². The molecule has 0 aliphatic heterocycles. The number of benzene rings is 1. The maximum Gasteiger partial charge on any atom is 0.275 e. The fraction of sp³-hybridized carbons (Fsp3) is 0.312. The zero-order valence-electron chi connectivity index (χ0n) is 12.9. The molecule has 116 valence electrons. The molecule has 2 rings (SSSR count). The molecule has 0 spiro atoms. The van der Waals surface area contributed by atoms with Crippen LogP contribution in [0.2, 0.25) is 0 Å². The third-order valence-corrected chi connectivity index (χ3v) is 3.85. The van der Waals surface area contributed by atoms with Gasteiger partial charge in [-0.1, -0.05) is 0 Å². The summed E-state index contributed by atoms with van der Waals surface area (Å²) in [4.78, 5) is 22.5. The number of hydrogen-bond donors (Lipinski definition) is 1. The van der Waals surface area contributed by atoms with E-state index in [-0.39, 0.29) is 11.6 Å². The van der Waals surface area contributed by atoms with Gasteiger partial charge in [0.25, 0.3) is 5.91 Å². The van der Waals surface area contributed by atoms with Gasteiger partial charge >= 0.3 is 0 Å². The monoisotopic (exact) mass is 362 g/mol. The second kappa shape index (κ2) is 7.35. The number of halogens is 1. The van der Waals surface area contributed by atoms with Crippen LogP contribution in [-0.2, 0) is 0 Å². The highest BCUT2D eigenvalue weighted by Gasteiger charge is 2.11. The van der Waals surface area contributed by atoms with E-state index in [1.807, 2.05) is 19.1 Å². The van der Waals surface area contributed by atoms with Crippen molar-refractivity contribution in [2.75, 3.05) is 23.3 Å². The minimum atomic E-state index is -0.265. The molecule has 0 aliphatic rings. The largest absolute Gasteiger partial charge is 0.372 e. The van der Waals surface area contributed by atoms with Crippen molar-refractivity contribution in [1.82, 2.24) is 9.97 Å². The molecule has 0 aliphatic carbocycles. The average Bonchev–Trinajstić information content (AvgIpc) is 2.51. The van der Waals surface area contributed by atoms with Gasteiger partial charge in [0.1, 0.15) is 10.3 Å². The van der Waals surface area contributed by atoms with Gasteiger partial charge in [-0.25, -0.2) is 9.97 Å². The van der Waals surface area contributed by atoms with Gasteiger partial charge in [0.15, 0.2) is 0 Å². The highest BCUT2D eigenvalue weighted by Crippen LogP contribution is 2.23. The lowest BCUT2D eigenvalue weighted by molar-refractivity contribution is 0.102. The van der Waals surface area contributed by atoms with Gasteiger partial charge in [-0.05, 0) is 60.5 Å². The van der Waals surface area contributed by atoms with Crippen molar-refractivity contribution in [3.8, 4) is 0 Å². The average molecular weight is 363 g/mol. The van der Waals surface area contributed by atoms with E-state index in [0.29, 0.717) is 4.60 Å². The van der Waals surface area contributed by atoms with Crippen LogP contribution < -0.4 is 10.2 Å². The van der Waals surface area contributed by atoms with E-state index in [0.717, 1.165) is 30.0 Å². The predicted octanol–water partition coefficient (Wildman–Crippen LogP) is 3.65. The van der Waals surface area contributed by atoms with Crippen molar-refractivity contribution in [1.29, 1.82) is 0 Å². The zero-order valence-corrected chi connectivity index (χ0v) is 14.5. The molecule has 6 heteroatoms. The molecule has 0 saturated carbocycles. The Morgan fingerprint density at radius 3 is 2.50 bits per heavy atom. The number of anilines is 2. The summed E-state index contributed by atoms with van der Waals surface area (Å²) in [5.41, 5.74) is 3.24. The molecule has 1 amide bonds. The normalized spacial score (nSPS) is 10.4. The number of hydrogen-bond acceptors (Lipinski definition) is 4. The maximum atomic E-state index is 12.2. The van der Waals surface area contributed by atoms with E-state index in [1.165, 1.54) is 12.4 Å². The summed E-state index contributed by atoms with van der Waals surface area (Å²) in [7, 11) is 0. The quantitative estimate of drug-likeness (QED) is 0.881. The molecule has 22 heavy (non-hydrogen) atoms. The van der Waals surface area contributed by atoms with Gasteiger partial charge in [0.05, 0.1) is 12.4 Å². The van der Waals surface area contributed by atoms with Crippen molar-refractivity contribution in [2.45, 2.75) is 20.8 Å². The Hall–Kier alpha value is -1.95. The summed E-state index contributed by atoms with van der Waals surface area (Å²) in [5.74, 6) is -0.265. The highest BCUT2D eigenvalue weighted by molar-refractivity contribution is 9.10. The van der Waals surface area contributed by atoms with E-state index in [9.17, 15) is 4.79 Å². The van der Waals surface area contributed by atoms with Gasteiger partial charge in [0, 0.05) is 24.5 Å². The second-order valence-corrected chi connectivity index (χ2v) is 5.66. The van der Waals surface area contributed by atoms with Gasteiger partial charge in [-0.2, -0.15) is 0 Å². The first-order chi connectivity index (χ1) is 10.5. The Bertz CT molecular complexity index is 654. The van der Waals surface area contributed by atoms with Gasteiger partial charge in [-0.3, -0.25) is 4.79 Å². The Morgan fingerprint density at radius 2 is 1.95 bits per heavy atom. The predicted molar refractivity (Wildman–Crippen MR) is 92.4 cm³/mol. The summed E-state index contributed by atoms with van der Waals surface area (Å²) < 4.78 is 0.601. The molecular weight excluding hydrogens is 344 g/mol. The van der Waals surface area contributed by atoms with Gasteiger partial charge in [-0.15, -0.1) is 0 Å². The molecular formula is C16H19BrN4O. The molecule has 0 saturated heterocycles. The lowest BCUT2D eigenvalue weighted by Gasteiger charge is -2.22. The standard InChI is InChI=1S/C16H19BrN4O/c1-4-21(5-2)12-6-7-13(11(3)8-12)20-16(22)14-9-19-15(17)10-18-14/h6-10H,4-5H2,1-3H3,(H,20,22). The van der Waals surface area contributed by atoms with Crippen LogP contribution in [0.15, 0.2) is 35.2 Å². The first-order valence-corrected chi connectivity index (χ1v) is 7.99. The second-order valence-electron chi connectivity index (χ2n) is 4.85. The molecule has 0 unspecified atom stereocenters. The van der Waals surface area contributed by atoms with Crippen LogP contribution in [0.25, 0.3) is 0 Å². The zero-order chi connectivity index (χ0) is 16.1. The van der Waals surface area contributed by atoms with Crippen LogP contribution in [0.5, 0.6) is 0 Å². The third kappa shape index (κ3) is 3.82. The van der Waals surface area contributed by atoms with Crippen LogP contribution in [0.4, 0.5) is 11.4 Å². The van der Waals surface area contributed by atoms with Crippen molar-refractivity contribution in [3.63, 3.8) is 0 Å². The molecule has 1 aromatic heterocycles. The summed E-state index contributed by atoms with van der Waals surface area (Å²) in [6, 6.07) is 6.02. The lowest BCUT2D eigenvalue weighted by Crippen LogP contribution is -2.22. The summed E-state index contributed by atoms with van der Waals surface area (Å²) in [6.07, 6.45) is 2.95. The van der Waals surface area contributed by atoms with E-state index in [1.54, 1.807) is 0 Å². The molecule has 0 bridgehead atoms. The first-order valence-electron chi connectivity index (χ1n) is 7.19. The van der Waals surface area contributed by atoms with Crippen LogP contribution in [0.1, 0.15) is 29.9 Å². The minimum Gasteiger partial charge on any atom is -0.372 e. The van der Waals surface area contributed by atoms with Crippen molar-refractivity contribution >= 4 is 33.2 Å². The minimum absolute atomic E-state index is 0.265. The molecule has 0 radical (unpaired) electrons. The van der Waals surface area contributed by atoms with Crippen molar-refractivity contribution in [2.24, 2.45) is 0 Å². The Morgan fingerprint density at radius 1 is 1.23 bits per heavy atom. The summed E-state index contributed by atoms with van der Waals surface area (Å²) >= 11 is 3.20. The molecule has 1 aromatic carbocycles. The number of nitrogens with zero attached hydrogens (tertiary/aromatic N) is 3. The molecule has 1 N–H and O–H groups in total. The molecule has 5 nitrogen and oxygen atoms in total. The summed E-state index contributed by atoms with van der Waals surface area (Å²) in [5, 5.41) is 2.87. The Labute approximate surface area is 138 Å². The number of rotatable bonds is 5. The maximum absolute atomic E-state index is 12.2. The van der Waals surface area contributed by atoms with Crippen LogP contribution in [0, 0.1) is 6.92 Å². The number of carbonyl (C=O) groups is 1. The summed E-state index contributed by atoms with van der Waals surface area (Å²) in [6.45, 7) is 8.14. The Balaban J connectivity index is 2.16. The first kappa shape index (κ1) is 16.4. The molecule has 0 atom stereocenters. The molecule has 1 heterocycles. The number of carbonyl (C=O) groups excluding carboxylic acids is 1. The fourth-order valence-electron chi connectivity index (χ4n) is 2.19. The highest BCUT2D eigenvalue weighted by atomic mass is 79.9.